The van der Waals surface area contributed by atoms with Gasteiger partial charge in [-0.25, -0.2) is 4.79 Å². The number of hydrogen-bond donors (Lipinski definition) is 1. The van der Waals surface area contributed by atoms with Crippen LogP contribution in [0.25, 0.3) is 0 Å². The molecule has 0 saturated heterocycles. The molecule has 6 heteroatoms. The van der Waals surface area contributed by atoms with Crippen molar-refractivity contribution in [1.29, 1.82) is 0 Å². The average Bonchev–Trinajstić information content (AvgIpc) is 2.54. The Morgan fingerprint density at radius 1 is 1.30 bits per heavy atom. The number of hydrogen-bond acceptors (Lipinski definition) is 4. The highest BCUT2D eigenvalue weighted by molar-refractivity contribution is 9.10. The summed E-state index contributed by atoms with van der Waals surface area (Å²) >= 11 is 3.33. The van der Waals surface area contributed by atoms with Gasteiger partial charge in [0.2, 0.25) is 0 Å². The topological polar surface area (TPSA) is 64.6 Å². The summed E-state index contributed by atoms with van der Waals surface area (Å²) in [6.07, 6.45) is 4.69. The van der Waals surface area contributed by atoms with E-state index in [0.717, 1.165) is 30.2 Å². The van der Waals surface area contributed by atoms with E-state index < -0.39 is 12.1 Å². The maximum absolute atomic E-state index is 12.0. The van der Waals surface area contributed by atoms with Crippen molar-refractivity contribution < 1.29 is 19.1 Å². The van der Waals surface area contributed by atoms with Gasteiger partial charge in [-0.1, -0.05) is 41.3 Å². The smallest absolute Gasteiger partial charge is 0.344 e. The lowest BCUT2D eigenvalue weighted by atomic mass is 9.95. The van der Waals surface area contributed by atoms with E-state index in [1.54, 1.807) is 19.1 Å². The first-order valence-electron chi connectivity index (χ1n) is 7.93. The summed E-state index contributed by atoms with van der Waals surface area (Å²) in [6, 6.07) is 7.38. The molecule has 0 bridgehead atoms. The molecule has 1 aromatic rings. The molecule has 1 fully saturated rings. The highest BCUT2D eigenvalue weighted by Crippen LogP contribution is 2.18. The van der Waals surface area contributed by atoms with Crippen LogP contribution < -0.4 is 10.1 Å². The van der Waals surface area contributed by atoms with Gasteiger partial charge in [-0.3, -0.25) is 4.79 Å². The molecule has 1 aliphatic rings. The summed E-state index contributed by atoms with van der Waals surface area (Å²) in [5, 5.41) is 2.94. The fourth-order valence-electron chi connectivity index (χ4n) is 2.55. The van der Waals surface area contributed by atoms with Crippen molar-refractivity contribution in [2.75, 3.05) is 6.61 Å². The predicted octanol–water partition coefficient (Wildman–Crippen LogP) is 3.21. The van der Waals surface area contributed by atoms with Crippen LogP contribution in [-0.2, 0) is 14.3 Å². The number of nitrogens with one attached hydrogen (secondary N) is 1. The predicted molar refractivity (Wildman–Crippen MR) is 90.2 cm³/mol. The lowest BCUT2D eigenvalue weighted by Gasteiger charge is -2.24. The molecule has 126 valence electrons. The Kier molecular flexibility index (Phi) is 6.89. The summed E-state index contributed by atoms with van der Waals surface area (Å²) in [5.41, 5.74) is 0. The van der Waals surface area contributed by atoms with E-state index in [9.17, 15) is 9.59 Å². The van der Waals surface area contributed by atoms with Crippen LogP contribution >= 0.6 is 15.9 Å². The lowest BCUT2D eigenvalue weighted by molar-refractivity contribution is -0.156. The van der Waals surface area contributed by atoms with Gasteiger partial charge in [0.1, 0.15) is 5.75 Å². The highest BCUT2D eigenvalue weighted by Gasteiger charge is 2.22. The maximum Gasteiger partial charge on any atom is 0.344 e. The summed E-state index contributed by atoms with van der Waals surface area (Å²) < 4.78 is 11.3. The molecule has 1 unspecified atom stereocenters. The Hall–Kier alpha value is -1.56. The molecule has 0 spiro atoms. The number of esters is 1. The van der Waals surface area contributed by atoms with Crippen molar-refractivity contribution in [3.8, 4) is 5.75 Å². The van der Waals surface area contributed by atoms with Crippen LogP contribution in [0.4, 0.5) is 0 Å². The Morgan fingerprint density at radius 2 is 2.04 bits per heavy atom. The van der Waals surface area contributed by atoms with Gasteiger partial charge in [-0.05, 0) is 38.0 Å². The first-order chi connectivity index (χ1) is 11.0. The zero-order valence-electron chi connectivity index (χ0n) is 13.2. The second kappa shape index (κ2) is 8.91. The van der Waals surface area contributed by atoms with E-state index in [1.165, 1.54) is 6.42 Å². The minimum Gasteiger partial charge on any atom is -0.482 e. The van der Waals surface area contributed by atoms with Crippen LogP contribution in [0.15, 0.2) is 28.7 Å². The van der Waals surface area contributed by atoms with Crippen LogP contribution in [0.2, 0.25) is 0 Å². The van der Waals surface area contributed by atoms with E-state index in [0.29, 0.717) is 5.75 Å². The van der Waals surface area contributed by atoms with Crippen LogP contribution in [-0.4, -0.2) is 30.6 Å². The Bertz CT molecular complexity index is 543. The zero-order valence-corrected chi connectivity index (χ0v) is 14.8. The molecule has 5 nitrogen and oxygen atoms in total. The van der Waals surface area contributed by atoms with Crippen LogP contribution in [0.3, 0.4) is 0 Å². The number of benzene rings is 1. The molecule has 0 radical (unpaired) electrons. The van der Waals surface area contributed by atoms with Crippen molar-refractivity contribution in [3.05, 3.63) is 28.7 Å². The van der Waals surface area contributed by atoms with E-state index in [2.05, 4.69) is 21.2 Å². The van der Waals surface area contributed by atoms with Crippen LogP contribution in [0, 0.1) is 0 Å². The van der Waals surface area contributed by atoms with Gasteiger partial charge < -0.3 is 14.8 Å². The number of carbonyl (C=O) groups excluding carboxylic acids is 2. The first-order valence-corrected chi connectivity index (χ1v) is 8.72. The zero-order chi connectivity index (χ0) is 16.7. The molecule has 1 aliphatic carbocycles. The minimum atomic E-state index is -0.810. The van der Waals surface area contributed by atoms with Crippen molar-refractivity contribution in [3.63, 3.8) is 0 Å². The first kappa shape index (κ1) is 17.8. The number of carbonyl (C=O) groups is 2. The molecule has 0 aromatic heterocycles. The van der Waals surface area contributed by atoms with Gasteiger partial charge in [0, 0.05) is 10.5 Å². The lowest BCUT2D eigenvalue weighted by Crippen LogP contribution is -2.43. The van der Waals surface area contributed by atoms with Crippen molar-refractivity contribution >= 4 is 27.8 Å². The molecule has 1 atom stereocenters. The molecular formula is C17H22BrNO4. The Balaban J connectivity index is 1.72. The summed E-state index contributed by atoms with van der Waals surface area (Å²) in [4.78, 5) is 23.8. The van der Waals surface area contributed by atoms with Gasteiger partial charge >= 0.3 is 5.97 Å². The van der Waals surface area contributed by atoms with Gasteiger partial charge in [0.25, 0.3) is 5.91 Å². The number of amides is 1. The quantitative estimate of drug-likeness (QED) is 0.765. The average molecular weight is 384 g/mol. The molecule has 1 aromatic carbocycles. The Morgan fingerprint density at radius 3 is 2.74 bits per heavy atom. The summed E-state index contributed by atoms with van der Waals surface area (Å²) in [5.74, 6) is -0.236. The third-order valence-electron chi connectivity index (χ3n) is 3.78. The maximum atomic E-state index is 12.0. The summed E-state index contributed by atoms with van der Waals surface area (Å²) in [7, 11) is 0. The molecule has 1 N–H and O–H groups in total. The van der Waals surface area contributed by atoms with E-state index in [-0.39, 0.29) is 18.6 Å². The molecule has 0 heterocycles. The van der Waals surface area contributed by atoms with Crippen molar-refractivity contribution in [2.24, 2.45) is 0 Å². The largest absolute Gasteiger partial charge is 0.482 e. The summed E-state index contributed by atoms with van der Waals surface area (Å²) in [6.45, 7) is 1.35. The molecule has 0 aliphatic heterocycles. The van der Waals surface area contributed by atoms with Gasteiger partial charge in [-0.2, -0.15) is 0 Å². The third kappa shape index (κ3) is 6.22. The normalized spacial score (nSPS) is 16.4. The van der Waals surface area contributed by atoms with E-state index in [1.807, 2.05) is 12.1 Å². The molecule has 1 amide bonds. The number of ether oxygens (including phenoxy) is 2. The number of rotatable bonds is 6. The van der Waals surface area contributed by atoms with Crippen LogP contribution in [0.1, 0.15) is 39.0 Å². The SMILES string of the molecule is CC(OC(=O)COc1cccc(Br)c1)C(=O)NC1CCCCC1. The standard InChI is InChI=1S/C17H22BrNO4/c1-12(17(21)19-14-7-3-2-4-8-14)23-16(20)11-22-15-9-5-6-13(18)10-15/h5-6,9-10,12,14H,2-4,7-8,11H2,1H3,(H,19,21). The number of halogens is 1. The molecular weight excluding hydrogens is 362 g/mol. The van der Waals surface area contributed by atoms with E-state index >= 15 is 0 Å². The molecule has 2 rings (SSSR count). The van der Waals surface area contributed by atoms with Gasteiger partial charge in [0.15, 0.2) is 12.7 Å². The fourth-order valence-corrected chi connectivity index (χ4v) is 2.93. The highest BCUT2D eigenvalue weighted by atomic mass is 79.9. The van der Waals surface area contributed by atoms with E-state index in [4.69, 9.17) is 9.47 Å². The molecule has 23 heavy (non-hydrogen) atoms. The van der Waals surface area contributed by atoms with Gasteiger partial charge in [-0.15, -0.1) is 0 Å². The minimum absolute atomic E-state index is 0.204. The van der Waals surface area contributed by atoms with Crippen molar-refractivity contribution in [2.45, 2.75) is 51.2 Å². The van der Waals surface area contributed by atoms with Crippen molar-refractivity contribution in [1.82, 2.24) is 5.32 Å². The van der Waals surface area contributed by atoms with Crippen LogP contribution in [0.5, 0.6) is 5.75 Å². The third-order valence-corrected chi connectivity index (χ3v) is 4.28. The molecule has 1 saturated carbocycles. The van der Waals surface area contributed by atoms with Gasteiger partial charge in [0.05, 0.1) is 0 Å². The second-order valence-corrected chi connectivity index (χ2v) is 6.64. The Labute approximate surface area is 144 Å². The monoisotopic (exact) mass is 383 g/mol. The fraction of sp³-hybridized carbons (Fsp3) is 0.529. The second-order valence-electron chi connectivity index (χ2n) is 5.72.